The van der Waals surface area contributed by atoms with Gasteiger partial charge in [0.25, 0.3) is 0 Å². The molecular weight excluding hydrogens is 374 g/mol. The van der Waals surface area contributed by atoms with E-state index < -0.39 is 10.0 Å². The van der Waals surface area contributed by atoms with Crippen molar-refractivity contribution < 1.29 is 13.2 Å². The average Bonchev–Trinajstić information content (AvgIpc) is 2.91. The standard InChI is InChI=1S/C21H25N3O3S/c1-23(28(3,25)26)15-9-7-14(8-10-15)21-20(22)18-12-11-17(27-2)13-19(18)24(21)16-5-4-6-16/h7-13,16H,4-6,22H2,1-3H3. The van der Waals surface area contributed by atoms with E-state index in [9.17, 15) is 8.42 Å². The lowest BCUT2D eigenvalue weighted by molar-refractivity contribution is 0.324. The average molecular weight is 400 g/mol. The maximum absolute atomic E-state index is 11.8. The van der Waals surface area contributed by atoms with Gasteiger partial charge in [0, 0.05) is 30.1 Å². The van der Waals surface area contributed by atoms with Gasteiger partial charge in [-0.3, -0.25) is 4.31 Å². The maximum Gasteiger partial charge on any atom is 0.231 e. The van der Waals surface area contributed by atoms with Gasteiger partial charge in [-0.2, -0.15) is 0 Å². The summed E-state index contributed by atoms with van der Waals surface area (Å²) in [5.74, 6) is 0.808. The Morgan fingerprint density at radius 1 is 1.14 bits per heavy atom. The van der Waals surface area contributed by atoms with Gasteiger partial charge < -0.3 is 15.0 Å². The van der Waals surface area contributed by atoms with Crippen LogP contribution in [0.5, 0.6) is 5.75 Å². The highest BCUT2D eigenvalue weighted by Crippen LogP contribution is 2.44. The predicted octanol–water partition coefficient (Wildman–Crippen LogP) is 4.02. The van der Waals surface area contributed by atoms with Crippen molar-refractivity contribution in [2.45, 2.75) is 25.3 Å². The molecule has 1 aromatic heterocycles. The minimum absolute atomic E-state index is 0.417. The lowest BCUT2D eigenvalue weighted by atomic mass is 9.92. The second kappa shape index (κ2) is 6.74. The zero-order valence-electron chi connectivity index (χ0n) is 16.3. The molecule has 0 amide bonds. The summed E-state index contributed by atoms with van der Waals surface area (Å²) in [5.41, 5.74) is 11.0. The van der Waals surface area contributed by atoms with E-state index in [0.29, 0.717) is 11.7 Å². The molecule has 0 bridgehead atoms. The third kappa shape index (κ3) is 2.99. The third-order valence-corrected chi connectivity index (χ3v) is 6.90. The lowest BCUT2D eigenvalue weighted by Crippen LogP contribution is -2.24. The Morgan fingerprint density at radius 3 is 2.36 bits per heavy atom. The van der Waals surface area contributed by atoms with Crippen LogP contribution in [0.25, 0.3) is 22.2 Å². The summed E-state index contributed by atoms with van der Waals surface area (Å²) in [4.78, 5) is 0. The minimum atomic E-state index is -3.30. The quantitative estimate of drug-likeness (QED) is 0.703. The van der Waals surface area contributed by atoms with Crippen LogP contribution >= 0.6 is 0 Å². The van der Waals surface area contributed by atoms with Gasteiger partial charge in [-0.25, -0.2) is 8.42 Å². The largest absolute Gasteiger partial charge is 0.497 e. The van der Waals surface area contributed by atoms with Crippen molar-refractivity contribution in [1.29, 1.82) is 0 Å². The number of hydrogen-bond acceptors (Lipinski definition) is 4. The fourth-order valence-electron chi connectivity index (χ4n) is 3.78. The minimum Gasteiger partial charge on any atom is -0.497 e. The molecule has 148 valence electrons. The maximum atomic E-state index is 11.8. The molecule has 0 saturated heterocycles. The summed E-state index contributed by atoms with van der Waals surface area (Å²) in [7, 11) is -0.0790. The van der Waals surface area contributed by atoms with Crippen molar-refractivity contribution in [2.75, 3.05) is 30.5 Å². The molecule has 1 fully saturated rings. The van der Waals surface area contributed by atoms with Gasteiger partial charge in [-0.15, -0.1) is 0 Å². The van der Waals surface area contributed by atoms with Crippen LogP contribution in [0.4, 0.5) is 11.4 Å². The Kier molecular flexibility index (Phi) is 4.50. The van der Waals surface area contributed by atoms with Crippen LogP contribution in [-0.4, -0.2) is 33.4 Å². The first kappa shape index (κ1) is 18.7. The van der Waals surface area contributed by atoms with Crippen molar-refractivity contribution in [3.63, 3.8) is 0 Å². The summed E-state index contributed by atoms with van der Waals surface area (Å²) in [6.07, 6.45) is 4.66. The lowest BCUT2D eigenvalue weighted by Gasteiger charge is -2.30. The number of nitrogen functional groups attached to an aromatic ring is 1. The number of sulfonamides is 1. The highest BCUT2D eigenvalue weighted by atomic mass is 32.2. The highest BCUT2D eigenvalue weighted by Gasteiger charge is 2.27. The molecule has 0 radical (unpaired) electrons. The second-order valence-corrected chi connectivity index (χ2v) is 9.39. The van der Waals surface area contributed by atoms with Gasteiger partial charge in [0.1, 0.15) is 5.75 Å². The molecule has 0 aliphatic heterocycles. The predicted molar refractivity (Wildman–Crippen MR) is 114 cm³/mol. The van der Waals surface area contributed by atoms with Crippen LogP contribution in [0.15, 0.2) is 42.5 Å². The van der Waals surface area contributed by atoms with Crippen molar-refractivity contribution in [1.82, 2.24) is 4.57 Å². The first-order valence-electron chi connectivity index (χ1n) is 9.33. The highest BCUT2D eigenvalue weighted by molar-refractivity contribution is 7.92. The molecule has 1 heterocycles. The number of hydrogen-bond donors (Lipinski definition) is 1. The number of aromatic nitrogens is 1. The van der Waals surface area contributed by atoms with Crippen LogP contribution in [0, 0.1) is 0 Å². The van der Waals surface area contributed by atoms with E-state index in [1.807, 2.05) is 42.5 Å². The molecule has 7 heteroatoms. The molecule has 0 atom stereocenters. The molecule has 28 heavy (non-hydrogen) atoms. The molecule has 2 N–H and O–H groups in total. The van der Waals surface area contributed by atoms with E-state index in [2.05, 4.69) is 4.57 Å². The van der Waals surface area contributed by atoms with E-state index in [1.54, 1.807) is 14.2 Å². The van der Waals surface area contributed by atoms with Gasteiger partial charge in [0.2, 0.25) is 10.0 Å². The summed E-state index contributed by atoms with van der Waals surface area (Å²) in [5, 5.41) is 1.01. The van der Waals surface area contributed by atoms with Gasteiger partial charge >= 0.3 is 0 Å². The first-order valence-corrected chi connectivity index (χ1v) is 11.2. The number of fused-ring (bicyclic) bond motifs is 1. The Labute approximate surface area is 165 Å². The fourth-order valence-corrected chi connectivity index (χ4v) is 4.29. The zero-order chi connectivity index (χ0) is 20.1. The summed E-state index contributed by atoms with van der Waals surface area (Å²) < 4.78 is 32.6. The van der Waals surface area contributed by atoms with Gasteiger partial charge in [-0.1, -0.05) is 12.1 Å². The van der Waals surface area contributed by atoms with Crippen LogP contribution in [0.2, 0.25) is 0 Å². The Hall–Kier alpha value is -2.67. The molecule has 2 aromatic carbocycles. The van der Waals surface area contributed by atoms with Crippen LogP contribution < -0.4 is 14.8 Å². The number of benzene rings is 2. The fraction of sp³-hybridized carbons (Fsp3) is 0.333. The molecule has 1 saturated carbocycles. The smallest absolute Gasteiger partial charge is 0.231 e. The third-order valence-electron chi connectivity index (χ3n) is 5.69. The molecule has 0 unspecified atom stereocenters. The number of nitrogens with two attached hydrogens (primary N) is 1. The van der Waals surface area contributed by atoms with Crippen molar-refractivity contribution in [3.8, 4) is 17.0 Å². The van der Waals surface area contributed by atoms with Crippen molar-refractivity contribution in [3.05, 3.63) is 42.5 Å². The van der Waals surface area contributed by atoms with Gasteiger partial charge in [0.15, 0.2) is 0 Å². The molecule has 4 rings (SSSR count). The van der Waals surface area contributed by atoms with Gasteiger partial charge in [-0.05, 0) is 43.5 Å². The zero-order valence-corrected chi connectivity index (χ0v) is 17.2. The molecule has 6 nitrogen and oxygen atoms in total. The second-order valence-electron chi connectivity index (χ2n) is 7.38. The topological polar surface area (TPSA) is 77.6 Å². The summed E-state index contributed by atoms with van der Waals surface area (Å²) in [6, 6.07) is 13.9. The van der Waals surface area contributed by atoms with Crippen molar-refractivity contribution >= 4 is 32.3 Å². The van der Waals surface area contributed by atoms with E-state index in [4.69, 9.17) is 10.5 Å². The number of nitrogens with zero attached hydrogens (tertiary/aromatic N) is 2. The van der Waals surface area contributed by atoms with Crippen molar-refractivity contribution in [2.24, 2.45) is 0 Å². The van der Waals surface area contributed by atoms with E-state index in [0.717, 1.165) is 46.4 Å². The molecule has 0 spiro atoms. The number of ether oxygens (including phenoxy) is 1. The van der Waals surface area contributed by atoms with Crippen LogP contribution in [0.3, 0.4) is 0 Å². The Morgan fingerprint density at radius 2 is 1.82 bits per heavy atom. The monoisotopic (exact) mass is 399 g/mol. The van der Waals surface area contributed by atoms with Crippen LogP contribution in [-0.2, 0) is 10.0 Å². The Balaban J connectivity index is 1.87. The number of rotatable bonds is 5. The molecule has 3 aromatic rings. The molecule has 1 aliphatic rings. The summed E-state index contributed by atoms with van der Waals surface area (Å²) in [6.45, 7) is 0. The van der Waals surface area contributed by atoms with E-state index in [1.165, 1.54) is 17.0 Å². The van der Waals surface area contributed by atoms with Crippen LogP contribution in [0.1, 0.15) is 25.3 Å². The van der Waals surface area contributed by atoms with Gasteiger partial charge in [0.05, 0.1) is 36.0 Å². The van der Waals surface area contributed by atoms with E-state index in [-0.39, 0.29) is 0 Å². The SMILES string of the molecule is COc1ccc2c(N)c(-c3ccc(N(C)S(C)(=O)=O)cc3)n(C3CCC3)c2c1. The number of methoxy groups -OCH3 is 1. The number of anilines is 2. The van der Waals surface area contributed by atoms with E-state index >= 15 is 0 Å². The molecule has 1 aliphatic carbocycles. The molecular formula is C21H25N3O3S. The first-order chi connectivity index (χ1) is 13.3. The summed E-state index contributed by atoms with van der Waals surface area (Å²) >= 11 is 0. The normalized spacial score (nSPS) is 14.8. The Bertz CT molecular complexity index is 1130.